The van der Waals surface area contributed by atoms with Gasteiger partial charge >= 0.3 is 0 Å². The quantitative estimate of drug-likeness (QED) is 0.640. The molecule has 0 bridgehead atoms. The van der Waals surface area contributed by atoms with Crippen LogP contribution in [0.5, 0.6) is 0 Å². The van der Waals surface area contributed by atoms with Crippen LogP contribution >= 0.6 is 0 Å². The maximum atomic E-state index is 2.26. The van der Waals surface area contributed by atoms with E-state index < -0.39 is 0 Å². The summed E-state index contributed by atoms with van der Waals surface area (Å²) < 4.78 is 0. The van der Waals surface area contributed by atoms with Gasteiger partial charge in [0.05, 0.1) is 0 Å². The first-order valence-corrected chi connectivity index (χ1v) is 6.57. The van der Waals surface area contributed by atoms with Crippen molar-refractivity contribution in [1.29, 1.82) is 0 Å². The lowest BCUT2D eigenvalue weighted by Crippen LogP contribution is -1.95. The van der Waals surface area contributed by atoms with Gasteiger partial charge in [-0.05, 0) is 86.1 Å². The fourth-order valence-corrected chi connectivity index (χ4v) is 2.50. The lowest BCUT2D eigenvalue weighted by Gasteiger charge is -2.16. The monoisotopic (exact) mass is 238 g/mol. The van der Waals surface area contributed by atoms with Gasteiger partial charge < -0.3 is 0 Å². The van der Waals surface area contributed by atoms with Crippen LogP contribution < -0.4 is 0 Å². The second-order valence-corrected chi connectivity index (χ2v) is 5.36. The van der Waals surface area contributed by atoms with Gasteiger partial charge in [0.1, 0.15) is 0 Å². The summed E-state index contributed by atoms with van der Waals surface area (Å²) in [6, 6.07) is 8.97. The van der Waals surface area contributed by atoms with Crippen molar-refractivity contribution in [3.05, 3.63) is 57.6 Å². The summed E-state index contributed by atoms with van der Waals surface area (Å²) in [4.78, 5) is 0. The average molecular weight is 238 g/mol. The molecule has 0 heterocycles. The zero-order chi connectivity index (χ0) is 13.4. The first kappa shape index (κ1) is 12.9. The third-order valence-electron chi connectivity index (χ3n) is 4.41. The van der Waals surface area contributed by atoms with Gasteiger partial charge in [-0.2, -0.15) is 0 Å². The summed E-state index contributed by atoms with van der Waals surface area (Å²) in [5.74, 6) is 0. The van der Waals surface area contributed by atoms with E-state index in [0.29, 0.717) is 0 Å². The molecule has 2 aromatic rings. The van der Waals surface area contributed by atoms with E-state index in [9.17, 15) is 0 Å². The van der Waals surface area contributed by atoms with E-state index in [-0.39, 0.29) is 0 Å². The molecular formula is C18H22. The molecule has 0 heteroatoms. The number of hydrogen-bond acceptors (Lipinski definition) is 0. The van der Waals surface area contributed by atoms with Crippen LogP contribution in [0.15, 0.2) is 24.3 Å². The Balaban J connectivity index is 2.71. The van der Waals surface area contributed by atoms with E-state index in [4.69, 9.17) is 0 Å². The van der Waals surface area contributed by atoms with Crippen molar-refractivity contribution in [2.75, 3.05) is 0 Å². The van der Waals surface area contributed by atoms with E-state index in [1.807, 2.05) is 0 Å². The molecule has 0 atom stereocenters. The summed E-state index contributed by atoms with van der Waals surface area (Å²) in [6.07, 6.45) is 0. The predicted molar refractivity (Wildman–Crippen MR) is 80.3 cm³/mol. The second kappa shape index (κ2) is 4.61. The highest BCUT2D eigenvalue weighted by molar-refractivity contribution is 5.73. The molecule has 0 saturated heterocycles. The van der Waals surface area contributed by atoms with Gasteiger partial charge in [-0.15, -0.1) is 0 Å². The van der Waals surface area contributed by atoms with Crippen molar-refractivity contribution < 1.29 is 0 Å². The highest BCUT2D eigenvalue weighted by atomic mass is 14.1. The molecule has 0 saturated carbocycles. The van der Waals surface area contributed by atoms with Crippen LogP contribution in [0.3, 0.4) is 0 Å². The molecule has 0 N–H and O–H groups in total. The van der Waals surface area contributed by atoms with Crippen LogP contribution in [-0.2, 0) is 0 Å². The molecule has 0 fully saturated rings. The van der Waals surface area contributed by atoms with Gasteiger partial charge in [-0.1, -0.05) is 24.3 Å². The molecule has 0 amide bonds. The summed E-state index contributed by atoms with van der Waals surface area (Å²) >= 11 is 0. The Kier molecular flexibility index (Phi) is 3.30. The maximum absolute atomic E-state index is 2.26. The minimum atomic E-state index is 1.37. The zero-order valence-electron chi connectivity index (χ0n) is 12.3. The minimum Gasteiger partial charge on any atom is -0.0584 e. The normalized spacial score (nSPS) is 10.8. The molecule has 2 aromatic carbocycles. The minimum absolute atomic E-state index is 1.37. The molecule has 0 radical (unpaired) electrons. The van der Waals surface area contributed by atoms with Gasteiger partial charge in [-0.25, -0.2) is 0 Å². The predicted octanol–water partition coefficient (Wildman–Crippen LogP) is 5.20. The molecule has 0 aliphatic carbocycles. The largest absolute Gasteiger partial charge is 0.0584 e. The topological polar surface area (TPSA) is 0 Å². The molecule has 0 unspecified atom stereocenters. The summed E-state index contributed by atoms with van der Waals surface area (Å²) in [6.45, 7) is 13.2. The Morgan fingerprint density at radius 1 is 0.444 bits per heavy atom. The summed E-state index contributed by atoms with van der Waals surface area (Å²) in [5, 5.41) is 0. The van der Waals surface area contributed by atoms with Gasteiger partial charge in [0.2, 0.25) is 0 Å². The van der Waals surface area contributed by atoms with Gasteiger partial charge in [0.15, 0.2) is 0 Å². The van der Waals surface area contributed by atoms with E-state index in [1.165, 1.54) is 44.5 Å². The van der Waals surface area contributed by atoms with E-state index in [1.54, 1.807) is 0 Å². The van der Waals surface area contributed by atoms with E-state index in [0.717, 1.165) is 0 Å². The molecule has 0 spiro atoms. The number of hydrogen-bond donors (Lipinski definition) is 0. The molecule has 0 aliphatic rings. The lowest BCUT2D eigenvalue weighted by atomic mass is 9.89. The van der Waals surface area contributed by atoms with Gasteiger partial charge in [0.25, 0.3) is 0 Å². The molecule has 2 rings (SSSR count). The molecule has 0 aliphatic heterocycles. The lowest BCUT2D eigenvalue weighted by molar-refractivity contribution is 1.24. The molecule has 18 heavy (non-hydrogen) atoms. The van der Waals surface area contributed by atoms with Crippen LogP contribution in [-0.4, -0.2) is 0 Å². The number of benzene rings is 2. The van der Waals surface area contributed by atoms with Crippen molar-refractivity contribution >= 4 is 0 Å². The SMILES string of the molecule is Cc1ccc(-c2ccc(C)c(C)c2C)c(C)c1C. The highest BCUT2D eigenvalue weighted by Gasteiger charge is 2.10. The first-order valence-electron chi connectivity index (χ1n) is 6.57. The molecule has 94 valence electrons. The average Bonchev–Trinajstić information content (AvgIpc) is 2.35. The van der Waals surface area contributed by atoms with Crippen LogP contribution in [0.2, 0.25) is 0 Å². The van der Waals surface area contributed by atoms with E-state index >= 15 is 0 Å². The van der Waals surface area contributed by atoms with Gasteiger partial charge in [-0.3, -0.25) is 0 Å². The van der Waals surface area contributed by atoms with Crippen molar-refractivity contribution in [1.82, 2.24) is 0 Å². The smallest absolute Gasteiger partial charge is 0.0149 e. The van der Waals surface area contributed by atoms with Crippen LogP contribution in [0, 0.1) is 41.5 Å². The van der Waals surface area contributed by atoms with E-state index in [2.05, 4.69) is 65.8 Å². The standard InChI is InChI=1S/C18H22/c1-11-7-9-17(15(5)13(11)3)18-10-8-12(2)14(4)16(18)6/h7-10H,1-6H3. The Morgan fingerprint density at radius 2 is 0.778 bits per heavy atom. The number of aryl methyl sites for hydroxylation is 2. The highest BCUT2D eigenvalue weighted by Crippen LogP contribution is 2.31. The fraction of sp³-hybridized carbons (Fsp3) is 0.333. The van der Waals surface area contributed by atoms with Crippen molar-refractivity contribution in [2.24, 2.45) is 0 Å². The van der Waals surface area contributed by atoms with Crippen LogP contribution in [0.25, 0.3) is 11.1 Å². The van der Waals surface area contributed by atoms with Crippen LogP contribution in [0.1, 0.15) is 33.4 Å². The van der Waals surface area contributed by atoms with Gasteiger partial charge in [0, 0.05) is 0 Å². The first-order chi connectivity index (χ1) is 8.43. The Bertz CT molecular complexity index is 548. The molecule has 0 nitrogen and oxygen atoms in total. The fourth-order valence-electron chi connectivity index (χ4n) is 2.50. The number of rotatable bonds is 1. The summed E-state index contributed by atoms with van der Waals surface area (Å²) in [5.41, 5.74) is 11.1. The Hall–Kier alpha value is -1.56. The Labute approximate surface area is 111 Å². The van der Waals surface area contributed by atoms with Crippen molar-refractivity contribution in [2.45, 2.75) is 41.5 Å². The molecular weight excluding hydrogens is 216 g/mol. The molecule has 0 aromatic heterocycles. The van der Waals surface area contributed by atoms with Crippen molar-refractivity contribution in [3.8, 4) is 11.1 Å². The third-order valence-corrected chi connectivity index (χ3v) is 4.41. The zero-order valence-corrected chi connectivity index (χ0v) is 12.3. The van der Waals surface area contributed by atoms with Crippen molar-refractivity contribution in [3.63, 3.8) is 0 Å². The summed E-state index contributed by atoms with van der Waals surface area (Å²) in [7, 11) is 0. The van der Waals surface area contributed by atoms with Crippen LogP contribution in [0.4, 0.5) is 0 Å². The Morgan fingerprint density at radius 3 is 1.11 bits per heavy atom. The maximum Gasteiger partial charge on any atom is -0.0149 e. The second-order valence-electron chi connectivity index (χ2n) is 5.36. The third kappa shape index (κ3) is 1.96.